The van der Waals surface area contributed by atoms with Crippen molar-refractivity contribution < 1.29 is 4.74 Å². The Balaban J connectivity index is 1.42. The van der Waals surface area contributed by atoms with Crippen LogP contribution < -0.4 is 10.1 Å². The zero-order chi connectivity index (χ0) is 16.7. The molecular weight excluding hydrogens is 347 g/mol. The van der Waals surface area contributed by atoms with Gasteiger partial charge < -0.3 is 10.1 Å². The van der Waals surface area contributed by atoms with Gasteiger partial charge in [0.15, 0.2) is 0 Å². The minimum Gasteiger partial charge on any atom is -0.487 e. The van der Waals surface area contributed by atoms with Crippen LogP contribution in [-0.2, 0) is 13.0 Å². The van der Waals surface area contributed by atoms with Crippen LogP contribution in [0, 0.1) is 6.92 Å². The van der Waals surface area contributed by atoms with Crippen molar-refractivity contribution in [3.8, 4) is 5.75 Å². The number of hydrogen-bond donors (Lipinski definition) is 1. The van der Waals surface area contributed by atoms with Gasteiger partial charge in [0.25, 0.3) is 0 Å². The van der Waals surface area contributed by atoms with Crippen LogP contribution in [0.1, 0.15) is 23.6 Å². The van der Waals surface area contributed by atoms with E-state index in [1.54, 1.807) is 6.07 Å². The molecule has 4 rings (SSSR count). The smallest absolute Gasteiger partial charge is 0.147 e. The molecule has 2 aliphatic heterocycles. The second-order valence-corrected chi connectivity index (χ2v) is 7.11. The third kappa shape index (κ3) is 3.16. The summed E-state index contributed by atoms with van der Waals surface area (Å²) in [6.45, 7) is 4.11. The summed E-state index contributed by atoms with van der Waals surface area (Å²) in [5, 5.41) is 9.22. The van der Waals surface area contributed by atoms with Crippen LogP contribution in [0.2, 0.25) is 10.0 Å². The number of nitrogens with zero attached hydrogens (tertiary/aromatic N) is 3. The molecule has 2 aliphatic rings. The highest BCUT2D eigenvalue weighted by Gasteiger charge is 2.21. The number of rotatable bonds is 3. The Morgan fingerprint density at radius 2 is 2.25 bits per heavy atom. The minimum atomic E-state index is 0.392. The summed E-state index contributed by atoms with van der Waals surface area (Å²) >= 11 is 12.3. The average Bonchev–Trinajstić information content (AvgIpc) is 2.91. The first-order chi connectivity index (χ1) is 11.6. The van der Waals surface area contributed by atoms with Crippen LogP contribution in [0.4, 0.5) is 0 Å². The SMILES string of the molecule is Cc1nc2n(n1)CC(NCC1=Cc3cc(Cl)cc(Cl)c3OC1)CC2. The largest absolute Gasteiger partial charge is 0.487 e. The Morgan fingerprint density at radius 3 is 3.12 bits per heavy atom. The van der Waals surface area contributed by atoms with Gasteiger partial charge in [-0.05, 0) is 37.1 Å². The molecule has 1 unspecified atom stereocenters. The zero-order valence-corrected chi connectivity index (χ0v) is 14.9. The van der Waals surface area contributed by atoms with E-state index in [2.05, 4.69) is 21.5 Å². The van der Waals surface area contributed by atoms with Gasteiger partial charge in [0, 0.05) is 29.6 Å². The molecule has 1 atom stereocenters. The number of aromatic nitrogens is 3. The van der Waals surface area contributed by atoms with Gasteiger partial charge in [0.2, 0.25) is 0 Å². The number of aryl methyl sites for hydroxylation is 2. The highest BCUT2D eigenvalue weighted by atomic mass is 35.5. The molecule has 3 heterocycles. The maximum absolute atomic E-state index is 6.17. The van der Waals surface area contributed by atoms with E-state index in [0.29, 0.717) is 28.4 Å². The van der Waals surface area contributed by atoms with E-state index in [4.69, 9.17) is 27.9 Å². The van der Waals surface area contributed by atoms with Gasteiger partial charge in [0.1, 0.15) is 24.0 Å². The summed E-state index contributed by atoms with van der Waals surface area (Å²) in [4.78, 5) is 4.44. The predicted molar refractivity (Wildman–Crippen MR) is 94.8 cm³/mol. The molecule has 2 aromatic rings. The Kier molecular flexibility index (Phi) is 4.24. The monoisotopic (exact) mass is 364 g/mol. The third-order valence-corrected chi connectivity index (χ3v) is 4.88. The van der Waals surface area contributed by atoms with Crippen molar-refractivity contribution in [2.75, 3.05) is 13.2 Å². The molecule has 7 heteroatoms. The number of halogens is 2. The predicted octanol–water partition coefficient (Wildman–Crippen LogP) is 3.27. The van der Waals surface area contributed by atoms with Gasteiger partial charge >= 0.3 is 0 Å². The van der Waals surface area contributed by atoms with Gasteiger partial charge in [-0.15, -0.1) is 0 Å². The van der Waals surface area contributed by atoms with Crippen molar-refractivity contribution in [2.45, 2.75) is 32.4 Å². The van der Waals surface area contributed by atoms with Gasteiger partial charge in [-0.3, -0.25) is 0 Å². The van der Waals surface area contributed by atoms with Crippen LogP contribution in [0.25, 0.3) is 6.08 Å². The number of ether oxygens (including phenoxy) is 1. The summed E-state index contributed by atoms with van der Waals surface area (Å²) < 4.78 is 7.81. The fraction of sp³-hybridized carbons (Fsp3) is 0.412. The van der Waals surface area contributed by atoms with Crippen LogP contribution in [0.3, 0.4) is 0 Å². The van der Waals surface area contributed by atoms with Gasteiger partial charge in [-0.1, -0.05) is 23.2 Å². The summed E-state index contributed by atoms with van der Waals surface area (Å²) in [6.07, 6.45) is 4.14. The second kappa shape index (κ2) is 6.39. The molecular formula is C17H18Cl2N4O. The Hall–Kier alpha value is -1.56. The lowest BCUT2D eigenvalue weighted by Crippen LogP contribution is -2.39. The molecule has 1 aromatic carbocycles. The first-order valence-corrected chi connectivity index (χ1v) is 8.79. The lowest BCUT2D eigenvalue weighted by Gasteiger charge is -2.25. The lowest BCUT2D eigenvalue weighted by molar-refractivity contribution is 0.330. The summed E-state index contributed by atoms with van der Waals surface area (Å²) in [5.41, 5.74) is 2.12. The normalized spacial score (nSPS) is 19.3. The quantitative estimate of drug-likeness (QED) is 0.907. The van der Waals surface area contributed by atoms with E-state index in [-0.39, 0.29) is 0 Å². The molecule has 0 bridgehead atoms. The summed E-state index contributed by atoms with van der Waals surface area (Å²) in [5.74, 6) is 2.65. The maximum atomic E-state index is 6.17. The van der Waals surface area contributed by atoms with Crippen molar-refractivity contribution in [3.05, 3.63) is 45.0 Å². The summed E-state index contributed by atoms with van der Waals surface area (Å²) in [7, 11) is 0. The number of nitrogens with one attached hydrogen (secondary N) is 1. The molecule has 0 saturated carbocycles. The zero-order valence-electron chi connectivity index (χ0n) is 13.4. The fourth-order valence-corrected chi connectivity index (χ4v) is 3.81. The van der Waals surface area contributed by atoms with Gasteiger partial charge in [-0.25, -0.2) is 9.67 Å². The van der Waals surface area contributed by atoms with Crippen LogP contribution in [0.15, 0.2) is 17.7 Å². The lowest BCUT2D eigenvalue weighted by atomic mass is 10.1. The van der Waals surface area contributed by atoms with Crippen molar-refractivity contribution in [1.82, 2.24) is 20.1 Å². The third-order valence-electron chi connectivity index (χ3n) is 4.38. The molecule has 5 nitrogen and oxygen atoms in total. The number of benzene rings is 1. The number of hydrogen-bond acceptors (Lipinski definition) is 4. The molecule has 0 radical (unpaired) electrons. The molecule has 0 amide bonds. The van der Waals surface area contributed by atoms with E-state index >= 15 is 0 Å². The first kappa shape index (κ1) is 15.9. The van der Waals surface area contributed by atoms with Crippen LogP contribution in [-0.4, -0.2) is 34.0 Å². The molecule has 0 spiro atoms. The Bertz CT molecular complexity index is 815. The van der Waals surface area contributed by atoms with E-state index in [1.807, 2.05) is 17.7 Å². The van der Waals surface area contributed by atoms with E-state index in [0.717, 1.165) is 43.1 Å². The number of fused-ring (bicyclic) bond motifs is 2. The van der Waals surface area contributed by atoms with E-state index in [1.165, 1.54) is 5.57 Å². The highest BCUT2D eigenvalue weighted by Crippen LogP contribution is 2.36. The molecule has 0 aliphatic carbocycles. The van der Waals surface area contributed by atoms with Crippen LogP contribution in [0.5, 0.6) is 5.75 Å². The molecule has 1 N–H and O–H groups in total. The second-order valence-electron chi connectivity index (χ2n) is 6.27. The average molecular weight is 365 g/mol. The molecule has 0 saturated heterocycles. The van der Waals surface area contributed by atoms with Crippen molar-refractivity contribution in [3.63, 3.8) is 0 Å². The Labute approximate surface area is 150 Å². The van der Waals surface area contributed by atoms with E-state index in [9.17, 15) is 0 Å². The minimum absolute atomic E-state index is 0.392. The van der Waals surface area contributed by atoms with Crippen LogP contribution >= 0.6 is 23.2 Å². The molecule has 0 fully saturated rings. The summed E-state index contributed by atoms with van der Waals surface area (Å²) in [6, 6.07) is 3.98. The topological polar surface area (TPSA) is 52.0 Å². The standard InChI is InChI=1S/C17H18Cl2N4O/c1-10-21-16-3-2-14(8-23(16)22-10)20-7-11-4-12-5-13(18)6-15(19)17(12)24-9-11/h4-6,14,20H,2-3,7-9H2,1H3. The fourth-order valence-electron chi connectivity index (χ4n) is 3.24. The van der Waals surface area contributed by atoms with E-state index < -0.39 is 0 Å². The van der Waals surface area contributed by atoms with Crippen molar-refractivity contribution in [2.24, 2.45) is 0 Å². The van der Waals surface area contributed by atoms with Crippen molar-refractivity contribution >= 4 is 29.3 Å². The Morgan fingerprint density at radius 1 is 1.38 bits per heavy atom. The van der Waals surface area contributed by atoms with Gasteiger partial charge in [0.05, 0.1) is 11.6 Å². The van der Waals surface area contributed by atoms with Gasteiger partial charge in [-0.2, -0.15) is 5.10 Å². The molecule has 24 heavy (non-hydrogen) atoms. The van der Waals surface area contributed by atoms with Crippen molar-refractivity contribution in [1.29, 1.82) is 0 Å². The molecule has 1 aromatic heterocycles. The molecule has 126 valence electrons. The highest BCUT2D eigenvalue weighted by molar-refractivity contribution is 6.36. The first-order valence-electron chi connectivity index (χ1n) is 8.03. The maximum Gasteiger partial charge on any atom is 0.147 e.